The highest BCUT2D eigenvalue weighted by Crippen LogP contribution is 2.15. The molecule has 0 aliphatic carbocycles. The van der Waals surface area contributed by atoms with Crippen molar-refractivity contribution in [2.45, 2.75) is 39.9 Å². The Bertz CT molecular complexity index is 339. The molecule has 17 heavy (non-hydrogen) atoms. The molecular weight excluding hydrogens is 230 g/mol. The first-order valence-electron chi connectivity index (χ1n) is 6.28. The molecule has 1 heterocycles. The standard InChI is InChI=1S/C13H23N3S/c1-5-6-14-12-7-11(4)15-13(16-12)9-17-8-10(2)3/h7,10H,5-6,8-9H2,1-4H3,(H,14,15,16). The van der Waals surface area contributed by atoms with E-state index in [-0.39, 0.29) is 0 Å². The van der Waals surface area contributed by atoms with E-state index in [1.165, 1.54) is 0 Å². The third-order valence-electron chi connectivity index (χ3n) is 2.14. The molecule has 0 saturated carbocycles. The third kappa shape index (κ3) is 5.91. The van der Waals surface area contributed by atoms with Gasteiger partial charge in [0.1, 0.15) is 11.6 Å². The minimum absolute atomic E-state index is 0.725. The van der Waals surface area contributed by atoms with Crippen LogP contribution in [0.4, 0.5) is 5.82 Å². The number of nitrogens with zero attached hydrogens (tertiary/aromatic N) is 2. The molecule has 0 atom stereocenters. The van der Waals surface area contributed by atoms with Crippen molar-refractivity contribution in [3.8, 4) is 0 Å². The molecule has 1 aromatic rings. The van der Waals surface area contributed by atoms with Gasteiger partial charge in [-0.15, -0.1) is 0 Å². The van der Waals surface area contributed by atoms with Gasteiger partial charge >= 0.3 is 0 Å². The zero-order chi connectivity index (χ0) is 12.7. The Morgan fingerprint density at radius 1 is 1.35 bits per heavy atom. The Morgan fingerprint density at radius 2 is 2.12 bits per heavy atom. The first kappa shape index (κ1) is 14.3. The van der Waals surface area contributed by atoms with Gasteiger partial charge in [0.15, 0.2) is 0 Å². The molecule has 0 aliphatic heterocycles. The van der Waals surface area contributed by atoms with Crippen LogP contribution in [0, 0.1) is 12.8 Å². The van der Waals surface area contributed by atoms with E-state index in [0.717, 1.165) is 47.7 Å². The number of rotatable bonds is 7. The molecule has 0 fully saturated rings. The number of hydrogen-bond acceptors (Lipinski definition) is 4. The van der Waals surface area contributed by atoms with Crippen molar-refractivity contribution in [1.82, 2.24) is 9.97 Å². The van der Waals surface area contributed by atoms with Crippen molar-refractivity contribution in [3.63, 3.8) is 0 Å². The van der Waals surface area contributed by atoms with E-state index in [1.807, 2.05) is 24.8 Å². The van der Waals surface area contributed by atoms with Crippen LogP contribution in [-0.4, -0.2) is 22.3 Å². The summed E-state index contributed by atoms with van der Waals surface area (Å²) in [7, 11) is 0. The summed E-state index contributed by atoms with van der Waals surface area (Å²) in [6.07, 6.45) is 1.11. The number of aromatic nitrogens is 2. The molecule has 1 aromatic heterocycles. The van der Waals surface area contributed by atoms with Crippen LogP contribution >= 0.6 is 11.8 Å². The first-order chi connectivity index (χ1) is 8.11. The van der Waals surface area contributed by atoms with Crippen LogP contribution in [0.1, 0.15) is 38.7 Å². The van der Waals surface area contributed by atoms with Crippen LogP contribution in [-0.2, 0) is 5.75 Å². The number of aryl methyl sites for hydroxylation is 1. The van der Waals surface area contributed by atoms with Gasteiger partial charge in [-0.1, -0.05) is 20.8 Å². The summed E-state index contributed by atoms with van der Waals surface area (Å²) in [4.78, 5) is 8.99. The van der Waals surface area contributed by atoms with Gasteiger partial charge in [0, 0.05) is 18.3 Å². The van der Waals surface area contributed by atoms with E-state index < -0.39 is 0 Å². The predicted molar refractivity (Wildman–Crippen MR) is 76.5 cm³/mol. The number of anilines is 1. The van der Waals surface area contributed by atoms with E-state index in [2.05, 4.69) is 36.1 Å². The molecule has 1 N–H and O–H groups in total. The molecule has 0 spiro atoms. The largest absolute Gasteiger partial charge is 0.370 e. The molecule has 0 bridgehead atoms. The molecule has 3 nitrogen and oxygen atoms in total. The van der Waals surface area contributed by atoms with Crippen LogP contribution in [0.3, 0.4) is 0 Å². The van der Waals surface area contributed by atoms with E-state index in [4.69, 9.17) is 0 Å². The molecule has 0 unspecified atom stereocenters. The summed E-state index contributed by atoms with van der Waals surface area (Å²) in [6.45, 7) is 9.61. The van der Waals surface area contributed by atoms with E-state index >= 15 is 0 Å². The summed E-state index contributed by atoms with van der Waals surface area (Å²) in [5.74, 6) is 4.69. The quantitative estimate of drug-likeness (QED) is 0.807. The maximum atomic E-state index is 4.52. The fourth-order valence-corrected chi connectivity index (χ4v) is 2.33. The zero-order valence-corrected chi connectivity index (χ0v) is 12.1. The van der Waals surface area contributed by atoms with E-state index in [0.29, 0.717) is 0 Å². The first-order valence-corrected chi connectivity index (χ1v) is 7.43. The average molecular weight is 253 g/mol. The smallest absolute Gasteiger partial charge is 0.140 e. The van der Waals surface area contributed by atoms with Crippen LogP contribution in [0.25, 0.3) is 0 Å². The average Bonchev–Trinajstić information content (AvgIpc) is 2.25. The van der Waals surface area contributed by atoms with E-state index in [1.54, 1.807) is 0 Å². The summed E-state index contributed by atoms with van der Waals surface area (Å²) >= 11 is 1.90. The lowest BCUT2D eigenvalue weighted by Crippen LogP contribution is -2.06. The minimum Gasteiger partial charge on any atom is -0.370 e. The summed E-state index contributed by atoms with van der Waals surface area (Å²) in [5, 5.41) is 3.31. The second-order valence-corrected chi connectivity index (χ2v) is 5.68. The second-order valence-electron chi connectivity index (χ2n) is 4.65. The summed E-state index contributed by atoms with van der Waals surface area (Å²) in [5.41, 5.74) is 1.04. The topological polar surface area (TPSA) is 37.8 Å². The fraction of sp³-hybridized carbons (Fsp3) is 0.692. The maximum absolute atomic E-state index is 4.52. The van der Waals surface area contributed by atoms with Crippen molar-refractivity contribution in [3.05, 3.63) is 17.6 Å². The molecule has 0 saturated heterocycles. The van der Waals surface area contributed by atoms with Crippen molar-refractivity contribution in [1.29, 1.82) is 0 Å². The predicted octanol–water partition coefficient (Wildman–Crippen LogP) is 3.50. The lowest BCUT2D eigenvalue weighted by Gasteiger charge is -2.08. The number of hydrogen-bond donors (Lipinski definition) is 1. The van der Waals surface area contributed by atoms with Crippen LogP contribution < -0.4 is 5.32 Å². The minimum atomic E-state index is 0.725. The summed E-state index contributed by atoms with van der Waals surface area (Å²) in [6, 6.07) is 2.01. The number of nitrogens with one attached hydrogen (secondary N) is 1. The third-order valence-corrected chi connectivity index (χ3v) is 3.50. The Kier molecular flexibility index (Phi) is 6.34. The summed E-state index contributed by atoms with van der Waals surface area (Å²) < 4.78 is 0. The Labute approximate surface area is 109 Å². The van der Waals surface area contributed by atoms with Crippen LogP contribution in [0.2, 0.25) is 0 Å². The van der Waals surface area contributed by atoms with E-state index in [9.17, 15) is 0 Å². The van der Waals surface area contributed by atoms with Crippen molar-refractivity contribution >= 4 is 17.6 Å². The fourth-order valence-electron chi connectivity index (χ4n) is 1.42. The normalized spacial score (nSPS) is 10.9. The molecular formula is C13H23N3S. The highest BCUT2D eigenvalue weighted by Gasteiger charge is 2.03. The van der Waals surface area contributed by atoms with Gasteiger partial charge in [0.25, 0.3) is 0 Å². The molecule has 0 aromatic carbocycles. The van der Waals surface area contributed by atoms with Gasteiger partial charge in [0.05, 0.1) is 5.75 Å². The SMILES string of the molecule is CCCNc1cc(C)nc(CSCC(C)C)n1. The lowest BCUT2D eigenvalue weighted by molar-refractivity contribution is 0.749. The Morgan fingerprint density at radius 3 is 2.76 bits per heavy atom. The monoisotopic (exact) mass is 253 g/mol. The highest BCUT2D eigenvalue weighted by molar-refractivity contribution is 7.98. The van der Waals surface area contributed by atoms with Gasteiger partial charge in [-0.25, -0.2) is 9.97 Å². The Hall–Kier alpha value is -0.770. The molecule has 0 aliphatic rings. The molecule has 0 amide bonds. The van der Waals surface area contributed by atoms with Crippen molar-refractivity contribution in [2.75, 3.05) is 17.6 Å². The molecule has 0 radical (unpaired) electrons. The Balaban J connectivity index is 2.55. The molecule has 1 rings (SSSR count). The maximum Gasteiger partial charge on any atom is 0.140 e. The molecule has 4 heteroatoms. The highest BCUT2D eigenvalue weighted by atomic mass is 32.2. The van der Waals surface area contributed by atoms with Gasteiger partial charge in [-0.2, -0.15) is 11.8 Å². The lowest BCUT2D eigenvalue weighted by atomic mass is 10.3. The van der Waals surface area contributed by atoms with Gasteiger partial charge in [-0.05, 0) is 25.0 Å². The number of thioether (sulfide) groups is 1. The van der Waals surface area contributed by atoms with Gasteiger partial charge in [-0.3, -0.25) is 0 Å². The van der Waals surface area contributed by atoms with Crippen LogP contribution in [0.5, 0.6) is 0 Å². The van der Waals surface area contributed by atoms with Gasteiger partial charge in [0.2, 0.25) is 0 Å². The van der Waals surface area contributed by atoms with Crippen molar-refractivity contribution < 1.29 is 0 Å². The second kappa shape index (κ2) is 7.54. The van der Waals surface area contributed by atoms with Crippen molar-refractivity contribution in [2.24, 2.45) is 5.92 Å². The molecule has 96 valence electrons. The zero-order valence-electron chi connectivity index (χ0n) is 11.3. The van der Waals surface area contributed by atoms with Crippen LogP contribution in [0.15, 0.2) is 6.07 Å². The van der Waals surface area contributed by atoms with Gasteiger partial charge < -0.3 is 5.32 Å².